The SMILES string of the molecule is O=C(Nc1ccccc1C(F)(F)F)N1CCC(Oc2cnc3ccccc3n2)CC1. The van der Waals surface area contributed by atoms with Crippen LogP contribution in [0.1, 0.15) is 18.4 Å². The summed E-state index contributed by atoms with van der Waals surface area (Å²) in [5, 5.41) is 2.38. The minimum Gasteiger partial charge on any atom is -0.473 e. The number of hydrogen-bond acceptors (Lipinski definition) is 4. The van der Waals surface area contributed by atoms with Crippen molar-refractivity contribution < 1.29 is 22.7 Å². The zero-order valence-corrected chi connectivity index (χ0v) is 15.9. The van der Waals surface area contributed by atoms with Crippen molar-refractivity contribution in [1.29, 1.82) is 0 Å². The molecule has 9 heteroatoms. The minimum absolute atomic E-state index is 0.146. The van der Waals surface area contributed by atoms with Gasteiger partial charge in [-0.05, 0) is 24.3 Å². The second-order valence-electron chi connectivity index (χ2n) is 6.97. The van der Waals surface area contributed by atoms with E-state index >= 15 is 0 Å². The lowest BCUT2D eigenvalue weighted by Gasteiger charge is -2.32. The van der Waals surface area contributed by atoms with Crippen molar-refractivity contribution in [1.82, 2.24) is 14.9 Å². The molecule has 3 aromatic rings. The standard InChI is InChI=1S/C21H19F3N4O2/c22-21(23,24)15-5-1-2-6-16(15)27-20(29)28-11-9-14(10-12-28)30-19-13-25-17-7-3-4-8-18(17)26-19/h1-8,13-14H,9-12H2,(H,27,29). The summed E-state index contributed by atoms with van der Waals surface area (Å²) in [6.45, 7) is 0.734. The Morgan fingerprint density at radius 2 is 1.70 bits per heavy atom. The number of carbonyl (C=O) groups is 1. The molecular formula is C21H19F3N4O2. The van der Waals surface area contributed by atoms with Gasteiger partial charge in [0.1, 0.15) is 6.10 Å². The van der Waals surface area contributed by atoms with Crippen LogP contribution in [-0.4, -0.2) is 40.1 Å². The second-order valence-corrected chi connectivity index (χ2v) is 6.97. The predicted molar refractivity (Wildman–Crippen MR) is 105 cm³/mol. The number of para-hydroxylation sites is 3. The molecule has 2 amide bonds. The molecular weight excluding hydrogens is 397 g/mol. The Hall–Kier alpha value is -3.36. The molecule has 156 valence electrons. The Kier molecular flexibility index (Phi) is 5.43. The average molecular weight is 416 g/mol. The molecule has 0 unspecified atom stereocenters. The summed E-state index contributed by atoms with van der Waals surface area (Å²) in [6, 6.07) is 11.8. The van der Waals surface area contributed by atoms with Crippen molar-refractivity contribution >= 4 is 22.8 Å². The van der Waals surface area contributed by atoms with E-state index in [1.54, 1.807) is 6.20 Å². The normalized spacial score (nSPS) is 15.2. The van der Waals surface area contributed by atoms with Gasteiger partial charge < -0.3 is 15.0 Å². The molecule has 2 aromatic carbocycles. The van der Waals surface area contributed by atoms with Crippen molar-refractivity contribution in [2.45, 2.75) is 25.1 Å². The second kappa shape index (κ2) is 8.17. The summed E-state index contributed by atoms with van der Waals surface area (Å²) in [5.41, 5.74) is 0.386. The van der Waals surface area contributed by atoms with Crippen LogP contribution < -0.4 is 10.1 Å². The molecule has 0 saturated carbocycles. The minimum atomic E-state index is -4.54. The zero-order valence-electron chi connectivity index (χ0n) is 15.9. The molecule has 0 radical (unpaired) electrons. The van der Waals surface area contributed by atoms with E-state index in [1.807, 2.05) is 24.3 Å². The Morgan fingerprint density at radius 3 is 2.43 bits per heavy atom. The lowest BCUT2D eigenvalue weighted by Crippen LogP contribution is -2.44. The summed E-state index contributed by atoms with van der Waals surface area (Å²) < 4.78 is 45.2. The first-order valence-corrected chi connectivity index (χ1v) is 9.51. The number of alkyl halides is 3. The number of nitrogens with zero attached hydrogens (tertiary/aromatic N) is 3. The number of aromatic nitrogens is 2. The van der Waals surface area contributed by atoms with Crippen LogP contribution in [0, 0.1) is 0 Å². The van der Waals surface area contributed by atoms with Gasteiger partial charge in [-0.1, -0.05) is 24.3 Å². The van der Waals surface area contributed by atoms with E-state index in [4.69, 9.17) is 4.74 Å². The summed E-state index contributed by atoms with van der Waals surface area (Å²) in [5.74, 6) is 0.413. The third-order valence-corrected chi connectivity index (χ3v) is 4.92. The van der Waals surface area contributed by atoms with Crippen molar-refractivity contribution in [2.75, 3.05) is 18.4 Å². The number of carbonyl (C=O) groups excluding carboxylic acids is 1. The lowest BCUT2D eigenvalue weighted by molar-refractivity contribution is -0.136. The number of likely N-dealkylation sites (tertiary alicyclic amines) is 1. The molecule has 1 N–H and O–H groups in total. The molecule has 1 saturated heterocycles. The van der Waals surface area contributed by atoms with Crippen LogP contribution >= 0.6 is 0 Å². The molecule has 1 aliphatic heterocycles. The lowest BCUT2D eigenvalue weighted by atomic mass is 10.1. The number of piperidine rings is 1. The number of fused-ring (bicyclic) bond motifs is 1. The Morgan fingerprint density at radius 1 is 1.03 bits per heavy atom. The van der Waals surface area contributed by atoms with E-state index in [0.717, 1.165) is 17.1 Å². The van der Waals surface area contributed by atoms with Gasteiger partial charge in [0.15, 0.2) is 0 Å². The van der Waals surface area contributed by atoms with E-state index in [2.05, 4.69) is 15.3 Å². The Balaban J connectivity index is 1.34. The van der Waals surface area contributed by atoms with E-state index in [9.17, 15) is 18.0 Å². The van der Waals surface area contributed by atoms with Gasteiger partial charge in [-0.2, -0.15) is 13.2 Å². The molecule has 0 bridgehead atoms. The van der Waals surface area contributed by atoms with Gasteiger partial charge in [-0.25, -0.2) is 14.8 Å². The molecule has 1 fully saturated rings. The average Bonchev–Trinajstić information content (AvgIpc) is 2.74. The molecule has 2 heterocycles. The van der Waals surface area contributed by atoms with Gasteiger partial charge in [0.05, 0.1) is 28.5 Å². The summed E-state index contributed by atoms with van der Waals surface area (Å²) in [4.78, 5) is 22.7. The molecule has 1 aromatic heterocycles. The summed E-state index contributed by atoms with van der Waals surface area (Å²) in [6.07, 6.45) is -2.03. The van der Waals surface area contributed by atoms with Gasteiger partial charge in [-0.15, -0.1) is 0 Å². The van der Waals surface area contributed by atoms with Crippen molar-refractivity contribution in [3.05, 3.63) is 60.3 Å². The van der Waals surface area contributed by atoms with Crippen molar-refractivity contribution in [3.63, 3.8) is 0 Å². The maximum Gasteiger partial charge on any atom is 0.418 e. The molecule has 0 aliphatic carbocycles. The van der Waals surface area contributed by atoms with Crippen LogP contribution in [0.3, 0.4) is 0 Å². The highest BCUT2D eigenvalue weighted by Crippen LogP contribution is 2.34. The van der Waals surface area contributed by atoms with Crippen LogP contribution in [0.5, 0.6) is 5.88 Å². The number of hydrogen-bond donors (Lipinski definition) is 1. The number of benzene rings is 2. The van der Waals surface area contributed by atoms with Crippen molar-refractivity contribution in [2.24, 2.45) is 0 Å². The number of anilines is 1. The van der Waals surface area contributed by atoms with Crippen LogP contribution in [0.2, 0.25) is 0 Å². The Bertz CT molecular complexity index is 1050. The fourth-order valence-electron chi connectivity index (χ4n) is 3.38. The van der Waals surface area contributed by atoms with E-state index in [-0.39, 0.29) is 11.8 Å². The van der Waals surface area contributed by atoms with Gasteiger partial charge in [0, 0.05) is 25.9 Å². The highest BCUT2D eigenvalue weighted by molar-refractivity contribution is 5.90. The van der Waals surface area contributed by atoms with Crippen LogP contribution in [0.15, 0.2) is 54.7 Å². The first-order chi connectivity index (χ1) is 14.4. The van der Waals surface area contributed by atoms with Gasteiger partial charge in [0.2, 0.25) is 5.88 Å². The molecule has 0 spiro atoms. The molecule has 4 rings (SSSR count). The van der Waals surface area contributed by atoms with Crippen LogP contribution in [-0.2, 0) is 6.18 Å². The van der Waals surface area contributed by atoms with Gasteiger partial charge in [-0.3, -0.25) is 0 Å². The Labute approximate surface area is 170 Å². The fourth-order valence-corrected chi connectivity index (χ4v) is 3.38. The molecule has 6 nitrogen and oxygen atoms in total. The van der Waals surface area contributed by atoms with Crippen LogP contribution in [0.4, 0.5) is 23.7 Å². The fraction of sp³-hybridized carbons (Fsp3) is 0.286. The molecule has 0 atom stereocenters. The van der Waals surface area contributed by atoms with Crippen molar-refractivity contribution in [3.8, 4) is 5.88 Å². The van der Waals surface area contributed by atoms with Gasteiger partial charge >= 0.3 is 12.2 Å². The number of ether oxygens (including phenoxy) is 1. The third kappa shape index (κ3) is 4.45. The third-order valence-electron chi connectivity index (χ3n) is 4.92. The number of halogens is 3. The van der Waals surface area contributed by atoms with Gasteiger partial charge in [0.25, 0.3) is 0 Å². The van der Waals surface area contributed by atoms with E-state index < -0.39 is 17.8 Å². The summed E-state index contributed by atoms with van der Waals surface area (Å²) >= 11 is 0. The maximum absolute atomic E-state index is 13.1. The highest BCUT2D eigenvalue weighted by atomic mass is 19.4. The quantitative estimate of drug-likeness (QED) is 0.671. The smallest absolute Gasteiger partial charge is 0.418 e. The van der Waals surface area contributed by atoms with Crippen LogP contribution in [0.25, 0.3) is 11.0 Å². The first kappa shape index (κ1) is 19.9. The molecule has 30 heavy (non-hydrogen) atoms. The summed E-state index contributed by atoms with van der Waals surface area (Å²) in [7, 11) is 0. The molecule has 1 aliphatic rings. The number of rotatable bonds is 3. The number of nitrogens with one attached hydrogen (secondary N) is 1. The van der Waals surface area contributed by atoms with E-state index in [0.29, 0.717) is 31.8 Å². The number of amides is 2. The monoisotopic (exact) mass is 416 g/mol. The largest absolute Gasteiger partial charge is 0.473 e. The first-order valence-electron chi connectivity index (χ1n) is 9.51. The van der Waals surface area contributed by atoms with E-state index in [1.165, 1.54) is 23.1 Å². The highest BCUT2D eigenvalue weighted by Gasteiger charge is 2.34. The maximum atomic E-state index is 13.1. The zero-order chi connectivity index (χ0) is 21.1. The predicted octanol–water partition coefficient (Wildman–Crippen LogP) is 4.72. The topological polar surface area (TPSA) is 67.4 Å². The number of urea groups is 1.